The fourth-order valence-corrected chi connectivity index (χ4v) is 5.61. The molecule has 8 nitrogen and oxygen atoms in total. The predicted molar refractivity (Wildman–Crippen MR) is 171 cm³/mol. The third-order valence-electron chi connectivity index (χ3n) is 7.95. The Morgan fingerprint density at radius 3 is 2.09 bits per heavy atom. The van der Waals surface area contributed by atoms with Crippen LogP contribution < -0.4 is 16.0 Å². The average Bonchev–Trinajstić information content (AvgIpc) is 2.99. The molecule has 2 aromatic carbocycles. The molecule has 0 bridgehead atoms. The highest BCUT2D eigenvalue weighted by Crippen LogP contribution is 2.23. The van der Waals surface area contributed by atoms with E-state index >= 15 is 0 Å². The number of amidine groups is 1. The molecule has 1 saturated carbocycles. The molecule has 0 radical (unpaired) electrons. The summed E-state index contributed by atoms with van der Waals surface area (Å²) in [5, 5.41) is 22.1. The van der Waals surface area contributed by atoms with Crippen molar-refractivity contribution < 1.29 is 19.1 Å². The maximum atomic E-state index is 13.6. The van der Waals surface area contributed by atoms with Crippen molar-refractivity contribution in [2.45, 2.75) is 103 Å². The van der Waals surface area contributed by atoms with Gasteiger partial charge in [0.25, 0.3) is 5.84 Å². The Morgan fingerprint density at radius 1 is 0.860 bits per heavy atom. The average molecular weight is 591 g/mol. The number of hydrogen-bond acceptors (Lipinski definition) is 4. The lowest BCUT2D eigenvalue weighted by molar-refractivity contribution is -0.470. The topological polar surface area (TPSA) is 113 Å². The van der Waals surface area contributed by atoms with Gasteiger partial charge in [-0.1, -0.05) is 107 Å². The maximum absolute atomic E-state index is 13.6. The van der Waals surface area contributed by atoms with Crippen molar-refractivity contribution >= 4 is 23.6 Å². The van der Waals surface area contributed by atoms with E-state index < -0.39 is 23.9 Å². The van der Waals surface area contributed by atoms with Crippen LogP contribution in [0.4, 0.5) is 0 Å². The van der Waals surface area contributed by atoms with E-state index in [0.29, 0.717) is 56.8 Å². The number of hydroxylamine groups is 1. The van der Waals surface area contributed by atoms with Gasteiger partial charge in [0.2, 0.25) is 11.8 Å². The molecular weight excluding hydrogens is 540 g/mol. The summed E-state index contributed by atoms with van der Waals surface area (Å²) < 4.78 is 0.964. The van der Waals surface area contributed by atoms with Crippen LogP contribution in [-0.2, 0) is 27.2 Å². The Kier molecular flexibility index (Phi) is 14.2. The summed E-state index contributed by atoms with van der Waals surface area (Å²) >= 11 is 0. The summed E-state index contributed by atoms with van der Waals surface area (Å²) in [5.41, 5.74) is 1.99. The highest BCUT2D eigenvalue weighted by Gasteiger charge is 2.30. The van der Waals surface area contributed by atoms with Crippen LogP contribution in [0, 0.1) is 17.0 Å². The lowest BCUT2D eigenvalue weighted by Gasteiger charge is -2.25. The largest absolute Gasteiger partial charge is 0.715 e. The van der Waals surface area contributed by atoms with Crippen LogP contribution >= 0.6 is 0 Å². The van der Waals surface area contributed by atoms with Gasteiger partial charge in [-0.15, -0.1) is 0 Å². The number of nitrogens with one attached hydrogen (secondary N) is 3. The van der Waals surface area contributed by atoms with Crippen molar-refractivity contribution in [3.8, 4) is 0 Å². The molecule has 8 heteroatoms. The van der Waals surface area contributed by atoms with Gasteiger partial charge in [-0.05, 0) is 48.6 Å². The van der Waals surface area contributed by atoms with Crippen LogP contribution in [0.1, 0.15) is 89.7 Å². The highest BCUT2D eigenvalue weighted by molar-refractivity contribution is 6.00. The molecule has 0 unspecified atom stereocenters. The number of nitrogens with zero attached hydrogens (tertiary/aromatic N) is 1. The Hall–Kier alpha value is -3.68. The first-order valence-electron chi connectivity index (χ1n) is 16.0. The second kappa shape index (κ2) is 18.1. The Morgan fingerprint density at radius 2 is 1.49 bits per heavy atom. The van der Waals surface area contributed by atoms with Gasteiger partial charge >= 0.3 is 5.91 Å². The van der Waals surface area contributed by atoms with Crippen molar-refractivity contribution in [1.29, 1.82) is 0 Å². The van der Waals surface area contributed by atoms with Crippen LogP contribution in [0.2, 0.25) is 0 Å². The first-order valence-corrected chi connectivity index (χ1v) is 16.0. The molecule has 1 aliphatic carbocycles. The first-order chi connectivity index (χ1) is 20.7. The summed E-state index contributed by atoms with van der Waals surface area (Å²) in [7, 11) is 0. The molecule has 0 saturated heterocycles. The first kappa shape index (κ1) is 33.8. The van der Waals surface area contributed by atoms with E-state index in [-0.39, 0.29) is 11.8 Å². The van der Waals surface area contributed by atoms with Crippen LogP contribution in [0.3, 0.4) is 0 Å². The molecule has 43 heavy (non-hydrogen) atoms. The molecule has 1 fully saturated rings. The van der Waals surface area contributed by atoms with E-state index in [9.17, 15) is 19.6 Å². The van der Waals surface area contributed by atoms with Gasteiger partial charge in [0, 0.05) is 12.8 Å². The van der Waals surface area contributed by atoms with Gasteiger partial charge in [-0.3, -0.25) is 14.3 Å². The van der Waals surface area contributed by atoms with E-state index in [0.717, 1.165) is 41.5 Å². The fraction of sp³-hybridized carbons (Fsp3) is 0.543. The zero-order chi connectivity index (χ0) is 31.0. The number of carbonyl (C=O) groups excluding carboxylic acids is 3. The van der Waals surface area contributed by atoms with Gasteiger partial charge in [0.1, 0.15) is 12.1 Å². The Labute approximate surface area is 257 Å². The molecule has 234 valence electrons. The summed E-state index contributed by atoms with van der Waals surface area (Å²) in [6.07, 6.45) is 8.20. The van der Waals surface area contributed by atoms with Gasteiger partial charge < -0.3 is 15.8 Å². The smallest absolute Gasteiger partial charge is 0.329 e. The maximum Gasteiger partial charge on any atom is 0.329 e. The summed E-state index contributed by atoms with van der Waals surface area (Å²) in [6.45, 7) is 6.21. The number of hydrogen-bond donors (Lipinski definition) is 3. The number of rotatable bonds is 15. The predicted octanol–water partition coefficient (Wildman–Crippen LogP) is 5.28. The molecule has 3 rings (SSSR count). The van der Waals surface area contributed by atoms with Gasteiger partial charge in [-0.25, -0.2) is 10.1 Å². The molecule has 3 N–H and O–H groups in total. The summed E-state index contributed by atoms with van der Waals surface area (Å²) in [5.74, 6) is -0.234. The standard InChI is InChI=1S/C35H50N4O4/c1-4-14-30(37-35(42)31(36-33(40)23-26(2)3)24-28-17-10-6-11-18-28)34(41)38-32(22-21-27-15-8-5-9-16-27)39(43)25-29-19-12-7-13-20-29/h5-6,8-11,15-18,26,29-31H,4,7,12-14,19-25H2,1-3H3,(H,36,40)(H,37,42)(H,38,41)/b39-32+/t30-,31-/m0/s1. The normalized spacial score (nSPS) is 15.7. The minimum absolute atomic E-state index is 0.146. The summed E-state index contributed by atoms with van der Waals surface area (Å²) in [4.78, 5) is 39.9. The lowest BCUT2D eigenvalue weighted by Crippen LogP contribution is -2.55. The molecule has 0 aromatic heterocycles. The van der Waals surface area contributed by atoms with Gasteiger partial charge in [0.15, 0.2) is 0 Å². The Balaban J connectivity index is 1.76. The Bertz CT molecular complexity index is 1180. The van der Waals surface area contributed by atoms with Crippen molar-refractivity contribution in [2.24, 2.45) is 11.8 Å². The van der Waals surface area contributed by atoms with Crippen molar-refractivity contribution in [3.63, 3.8) is 0 Å². The molecule has 2 atom stereocenters. The van der Waals surface area contributed by atoms with Gasteiger partial charge in [-0.2, -0.15) is 0 Å². The zero-order valence-electron chi connectivity index (χ0n) is 26.1. The molecular formula is C35H50N4O4. The van der Waals surface area contributed by atoms with E-state index in [1.165, 1.54) is 6.42 Å². The molecule has 3 amide bonds. The van der Waals surface area contributed by atoms with Crippen molar-refractivity contribution in [1.82, 2.24) is 16.0 Å². The van der Waals surface area contributed by atoms with Crippen LogP contribution in [0.15, 0.2) is 60.7 Å². The van der Waals surface area contributed by atoms with Crippen LogP contribution in [0.25, 0.3) is 0 Å². The van der Waals surface area contributed by atoms with E-state index in [2.05, 4.69) is 16.0 Å². The minimum atomic E-state index is -0.840. The van der Waals surface area contributed by atoms with E-state index in [4.69, 9.17) is 0 Å². The zero-order valence-corrected chi connectivity index (χ0v) is 26.1. The second-order valence-corrected chi connectivity index (χ2v) is 12.2. The van der Waals surface area contributed by atoms with E-state index in [1.54, 1.807) is 0 Å². The minimum Gasteiger partial charge on any atom is -0.715 e. The van der Waals surface area contributed by atoms with Crippen LogP contribution in [0.5, 0.6) is 0 Å². The monoisotopic (exact) mass is 590 g/mol. The fourth-order valence-electron chi connectivity index (χ4n) is 5.61. The van der Waals surface area contributed by atoms with Crippen molar-refractivity contribution in [2.75, 3.05) is 6.54 Å². The third-order valence-corrected chi connectivity index (χ3v) is 7.95. The quantitative estimate of drug-likeness (QED) is 0.0861. The molecule has 2 aromatic rings. The SMILES string of the molecule is CCC[C@H](NC(=O)[C@H](Cc1ccccc1)NC(=O)CC(C)C)C(=O)N/C(CCc1ccccc1)=[N+](/[O-])CC1CCCCC1. The third kappa shape index (κ3) is 12.2. The van der Waals surface area contributed by atoms with Crippen molar-refractivity contribution in [3.05, 3.63) is 77.0 Å². The van der Waals surface area contributed by atoms with E-state index in [1.807, 2.05) is 81.4 Å². The number of aryl methyl sites for hydroxylation is 1. The number of benzene rings is 2. The second-order valence-electron chi connectivity index (χ2n) is 12.2. The number of amides is 3. The summed E-state index contributed by atoms with van der Waals surface area (Å²) in [6, 6.07) is 17.7. The lowest BCUT2D eigenvalue weighted by atomic mass is 9.89. The molecule has 0 heterocycles. The molecule has 1 aliphatic rings. The molecule has 0 aliphatic heterocycles. The van der Waals surface area contributed by atoms with Gasteiger partial charge in [0.05, 0.1) is 13.0 Å². The highest BCUT2D eigenvalue weighted by atomic mass is 16.5. The number of carbonyl (C=O) groups is 3. The van der Waals surface area contributed by atoms with Crippen LogP contribution in [-0.4, -0.2) is 46.9 Å². The molecule has 0 spiro atoms.